The van der Waals surface area contributed by atoms with Gasteiger partial charge in [-0.2, -0.15) is 0 Å². The van der Waals surface area contributed by atoms with E-state index in [1.807, 2.05) is 30.5 Å². The summed E-state index contributed by atoms with van der Waals surface area (Å²) < 4.78 is 10.2. The second kappa shape index (κ2) is 12.4. The summed E-state index contributed by atoms with van der Waals surface area (Å²) >= 11 is 0. The van der Waals surface area contributed by atoms with E-state index in [0.717, 1.165) is 62.3 Å². The number of fused-ring (bicyclic) bond motifs is 3. The van der Waals surface area contributed by atoms with E-state index >= 15 is 0 Å². The van der Waals surface area contributed by atoms with E-state index in [1.165, 1.54) is 15.8 Å². The maximum Gasteiger partial charge on any atom is 0.443 e. The van der Waals surface area contributed by atoms with Gasteiger partial charge in [-0.1, -0.05) is 13.8 Å². The molecule has 0 aromatic carbocycles. The van der Waals surface area contributed by atoms with E-state index in [-0.39, 0.29) is 23.5 Å². The molecule has 50 heavy (non-hydrogen) atoms. The molecule has 4 aromatic heterocycles. The van der Waals surface area contributed by atoms with E-state index in [1.54, 1.807) is 30.4 Å². The molecule has 7 heterocycles. The molecule has 3 aliphatic heterocycles. The van der Waals surface area contributed by atoms with Crippen LogP contribution in [0.1, 0.15) is 41.2 Å². The number of carbonyl (C=O) groups excluding carboxylic acids is 1. The van der Waals surface area contributed by atoms with Crippen molar-refractivity contribution >= 4 is 36.3 Å². The number of ether oxygens (including phenoxy) is 1. The number of aromatic nitrogens is 4. The van der Waals surface area contributed by atoms with Crippen molar-refractivity contribution in [2.24, 2.45) is 12.5 Å². The number of anilines is 4. The lowest BCUT2D eigenvalue weighted by molar-refractivity contribution is -0.860. The monoisotopic (exact) mass is 676 g/mol. The summed E-state index contributed by atoms with van der Waals surface area (Å²) in [5.41, 5.74) is 6.56. The molecule has 13 heteroatoms. The number of amides is 1. The molecule has 1 amide bonds. The highest BCUT2D eigenvalue weighted by Crippen LogP contribution is 2.40. The number of aryl methyl sites for hydroxylation is 1. The average Bonchev–Trinajstić information content (AvgIpc) is 3.58. The lowest BCUT2D eigenvalue weighted by atomic mass is 9.84. The normalized spacial score (nSPS) is 19.6. The third-order valence-corrected chi connectivity index (χ3v) is 11.4. The molecule has 8 rings (SSSR count). The van der Waals surface area contributed by atoms with Gasteiger partial charge in [-0.25, -0.2) is 9.97 Å². The highest BCUT2D eigenvalue weighted by atomic mass is 16.5. The largest absolute Gasteiger partial charge is 0.443 e. The highest BCUT2D eigenvalue weighted by molar-refractivity contribution is 6.24. The van der Waals surface area contributed by atoms with Gasteiger partial charge in [0.25, 0.3) is 11.5 Å². The summed E-state index contributed by atoms with van der Waals surface area (Å²) in [6.07, 6.45) is 7.19. The van der Waals surface area contributed by atoms with E-state index in [0.29, 0.717) is 58.8 Å². The zero-order valence-corrected chi connectivity index (χ0v) is 29.4. The zero-order chi connectivity index (χ0) is 34.8. The summed E-state index contributed by atoms with van der Waals surface area (Å²) in [5.74, 6) is 0.892. The van der Waals surface area contributed by atoms with Gasteiger partial charge in [0.1, 0.15) is 29.1 Å². The predicted octanol–water partition coefficient (Wildman–Crippen LogP) is 3.37. The first kappa shape index (κ1) is 32.7. The highest BCUT2D eigenvalue weighted by Gasteiger charge is 2.43. The number of piperazine rings is 1. The molecule has 259 valence electrons. The van der Waals surface area contributed by atoms with Crippen LogP contribution in [0, 0.1) is 5.41 Å². The Labute approximate surface area is 293 Å². The number of hydrogen-bond donors (Lipinski definition) is 2. The lowest BCUT2D eigenvalue weighted by Gasteiger charge is -2.52. The molecule has 2 fully saturated rings. The van der Waals surface area contributed by atoms with Crippen molar-refractivity contribution in [2.75, 3.05) is 61.1 Å². The van der Waals surface area contributed by atoms with Crippen molar-refractivity contribution in [3.8, 4) is 11.1 Å². The predicted molar refractivity (Wildman–Crippen MR) is 194 cm³/mol. The van der Waals surface area contributed by atoms with Crippen molar-refractivity contribution in [3.05, 3.63) is 81.8 Å². The molecule has 0 spiro atoms. The van der Waals surface area contributed by atoms with Crippen molar-refractivity contribution in [2.45, 2.75) is 52.7 Å². The fourth-order valence-corrected chi connectivity index (χ4v) is 8.44. The van der Waals surface area contributed by atoms with Crippen LogP contribution in [-0.2, 0) is 37.8 Å². The van der Waals surface area contributed by atoms with Crippen molar-refractivity contribution in [1.82, 2.24) is 19.1 Å². The Hall–Kier alpha value is -4.46. The van der Waals surface area contributed by atoms with Crippen molar-refractivity contribution < 1.29 is 19.0 Å². The molecule has 0 atom stereocenters. The van der Waals surface area contributed by atoms with E-state index in [4.69, 9.17) is 4.74 Å². The van der Waals surface area contributed by atoms with Gasteiger partial charge in [0.05, 0.1) is 57.9 Å². The quantitative estimate of drug-likeness (QED) is 0.273. The zero-order valence-electron chi connectivity index (χ0n) is 29.4. The van der Waals surface area contributed by atoms with Gasteiger partial charge >= 0.3 is 7.41 Å². The molecule has 4 aromatic rings. The van der Waals surface area contributed by atoms with Crippen LogP contribution in [0.4, 0.5) is 23.0 Å². The van der Waals surface area contributed by atoms with Gasteiger partial charge in [0, 0.05) is 49.4 Å². The molecule has 2 N–H and O–H groups in total. The molecule has 1 aliphatic carbocycles. The number of pyridine rings is 3. The van der Waals surface area contributed by atoms with Gasteiger partial charge in [-0.15, -0.1) is 0 Å². The van der Waals surface area contributed by atoms with Crippen LogP contribution in [0.5, 0.6) is 0 Å². The van der Waals surface area contributed by atoms with Crippen LogP contribution < -0.4 is 20.7 Å². The van der Waals surface area contributed by atoms with Crippen LogP contribution in [0.2, 0.25) is 6.82 Å². The van der Waals surface area contributed by atoms with E-state index in [2.05, 4.69) is 52.8 Å². The molecular weight excluding hydrogens is 631 g/mol. The van der Waals surface area contributed by atoms with Crippen molar-refractivity contribution in [1.29, 1.82) is 0 Å². The first-order valence-corrected chi connectivity index (χ1v) is 17.7. The molecule has 0 saturated carbocycles. The summed E-state index contributed by atoms with van der Waals surface area (Å²) in [6, 6.07) is 10.2. The summed E-state index contributed by atoms with van der Waals surface area (Å²) in [4.78, 5) is 40.5. The second-order valence-corrected chi connectivity index (χ2v) is 15.0. The standard InChI is InChI=1S/C37H45BN8O4/c1-37(2)17-24-16-31-36(49)45(10-9-44(31)32(24)18-37)34-29(21-47)28(7-8-39-34)25-15-30(35(48)42(4)20-25)41-33-6-5-26(19-40-33)43-11-13-46(38-3,14-12-43)27-22-50-23-27/h5-8,15-16,19-20,27,47H,9-14,17-18,21-23H2,1-4H3,(H,40,41)/q+1. The summed E-state index contributed by atoms with van der Waals surface area (Å²) in [7, 11) is 4.03. The Bertz CT molecular complexity index is 2010. The topological polar surface area (TPSA) is 118 Å². The molecule has 0 unspecified atom stereocenters. The first-order valence-electron chi connectivity index (χ1n) is 17.7. The number of nitrogens with one attached hydrogen (secondary N) is 1. The Kier molecular flexibility index (Phi) is 8.12. The Balaban J connectivity index is 1.02. The molecule has 0 bridgehead atoms. The number of quaternary nitrogens is 1. The number of aliphatic hydroxyl groups is 1. The lowest BCUT2D eigenvalue weighted by Crippen LogP contribution is -2.70. The fourth-order valence-electron chi connectivity index (χ4n) is 8.44. The molecule has 4 aliphatic rings. The minimum atomic E-state index is -0.316. The third kappa shape index (κ3) is 5.52. The van der Waals surface area contributed by atoms with Gasteiger partial charge in [0.15, 0.2) is 0 Å². The summed E-state index contributed by atoms with van der Waals surface area (Å²) in [5, 5.41) is 13.9. The SMILES string of the molecule is C[B][N+]1(C2COC2)CCN(c2ccc(Nc3cc(-c4ccnc(N5CCn6c(cc7c6CC(C)(C)C7)C5=O)c4CO)cn(C)c3=O)nc2)CC1. The number of carbonyl (C=O) groups is 1. The molecular formula is C37H45BN8O4+. The number of rotatable bonds is 8. The van der Waals surface area contributed by atoms with Crippen molar-refractivity contribution in [3.63, 3.8) is 0 Å². The Morgan fingerprint density at radius 2 is 1.86 bits per heavy atom. The average molecular weight is 677 g/mol. The van der Waals surface area contributed by atoms with Crippen LogP contribution in [0.25, 0.3) is 11.1 Å². The van der Waals surface area contributed by atoms with Crippen LogP contribution >= 0.6 is 0 Å². The second-order valence-electron chi connectivity index (χ2n) is 15.0. The smallest absolute Gasteiger partial charge is 0.392 e. The first-order chi connectivity index (χ1) is 24.1. The summed E-state index contributed by atoms with van der Waals surface area (Å²) in [6.45, 7) is 13.1. The van der Waals surface area contributed by atoms with E-state index in [9.17, 15) is 14.7 Å². The van der Waals surface area contributed by atoms with Crippen LogP contribution in [-0.4, -0.2) is 93.9 Å². The maximum atomic E-state index is 13.9. The molecule has 12 nitrogen and oxygen atoms in total. The Morgan fingerprint density at radius 3 is 2.54 bits per heavy atom. The fraction of sp³-hybridized carbons (Fsp3) is 0.459. The third-order valence-electron chi connectivity index (χ3n) is 11.4. The number of nitrogens with zero attached hydrogens (tertiary/aromatic N) is 7. The van der Waals surface area contributed by atoms with Gasteiger partial charge < -0.3 is 33.6 Å². The van der Waals surface area contributed by atoms with Gasteiger partial charge in [-0.05, 0) is 66.5 Å². The maximum absolute atomic E-state index is 13.9. The van der Waals surface area contributed by atoms with Crippen LogP contribution in [0.3, 0.4) is 0 Å². The minimum absolute atomic E-state index is 0.111. The minimum Gasteiger partial charge on any atom is -0.392 e. The number of aliphatic hydroxyl groups excluding tert-OH is 1. The van der Waals surface area contributed by atoms with Crippen LogP contribution in [0.15, 0.2) is 53.7 Å². The van der Waals surface area contributed by atoms with E-state index < -0.39 is 0 Å². The molecule has 1 radical (unpaired) electrons. The van der Waals surface area contributed by atoms with Gasteiger partial charge in [0.2, 0.25) is 0 Å². The van der Waals surface area contributed by atoms with Gasteiger partial charge in [-0.3, -0.25) is 14.5 Å². The number of hydrogen-bond acceptors (Lipinski definition) is 8. The molecule has 2 saturated heterocycles. The Morgan fingerprint density at radius 1 is 1.06 bits per heavy atom.